The molecule has 1 aliphatic rings. The molecule has 28 heavy (non-hydrogen) atoms. The molecule has 4 heteroatoms. The predicted octanol–water partition coefficient (Wildman–Crippen LogP) is 5.63. The number of anilines is 1. The van der Waals surface area contributed by atoms with Crippen molar-refractivity contribution in [2.45, 2.75) is 52.4 Å². The third-order valence-electron chi connectivity index (χ3n) is 5.14. The lowest BCUT2D eigenvalue weighted by molar-refractivity contribution is 0.0979. The Balaban J connectivity index is 1.97. The van der Waals surface area contributed by atoms with Gasteiger partial charge in [0, 0.05) is 23.2 Å². The summed E-state index contributed by atoms with van der Waals surface area (Å²) in [6, 6.07) is 10.6. The van der Waals surface area contributed by atoms with Gasteiger partial charge in [-0.1, -0.05) is 63.8 Å². The van der Waals surface area contributed by atoms with Gasteiger partial charge in [0.2, 0.25) is 0 Å². The molecule has 148 valence electrons. The molecule has 0 heterocycles. The van der Waals surface area contributed by atoms with Crippen molar-refractivity contribution in [1.29, 1.82) is 0 Å². The number of hydrogen-bond donors (Lipinski definition) is 1. The zero-order chi connectivity index (χ0) is 19.9. The van der Waals surface area contributed by atoms with Crippen molar-refractivity contribution >= 4 is 17.3 Å². The van der Waals surface area contributed by atoms with Gasteiger partial charge in [-0.05, 0) is 25.0 Å². The minimum Gasteiger partial charge on any atom is -0.491 e. The van der Waals surface area contributed by atoms with E-state index in [9.17, 15) is 9.59 Å². The molecule has 0 saturated heterocycles. The smallest absolute Gasteiger partial charge is 0.196 e. The first-order valence-corrected chi connectivity index (χ1v) is 10.4. The zero-order valence-corrected chi connectivity index (χ0v) is 16.8. The van der Waals surface area contributed by atoms with Crippen LogP contribution < -0.4 is 10.1 Å². The molecule has 0 aromatic heterocycles. The number of rotatable bonds is 10. The van der Waals surface area contributed by atoms with Gasteiger partial charge in [0.1, 0.15) is 5.75 Å². The molecule has 0 aliphatic heterocycles. The van der Waals surface area contributed by atoms with Crippen LogP contribution in [0.25, 0.3) is 0 Å². The van der Waals surface area contributed by atoms with Crippen LogP contribution >= 0.6 is 0 Å². The number of ketones is 2. The molecule has 3 rings (SSSR count). The third kappa shape index (κ3) is 4.11. The lowest BCUT2D eigenvalue weighted by Crippen LogP contribution is -2.23. The van der Waals surface area contributed by atoms with E-state index in [1.165, 1.54) is 0 Å². The lowest BCUT2D eigenvalue weighted by atomic mass is 9.83. The number of carbonyl (C=O) groups excluding carboxylic acids is 2. The average molecular weight is 380 g/mol. The number of fused-ring (bicyclic) bond motifs is 2. The van der Waals surface area contributed by atoms with Crippen molar-refractivity contribution in [3.8, 4) is 5.75 Å². The minimum atomic E-state index is -0.109. The maximum Gasteiger partial charge on any atom is 0.196 e. The summed E-state index contributed by atoms with van der Waals surface area (Å²) >= 11 is 0. The van der Waals surface area contributed by atoms with Crippen LogP contribution in [0.4, 0.5) is 5.69 Å². The molecule has 0 spiro atoms. The van der Waals surface area contributed by atoms with Crippen LogP contribution in [0.15, 0.2) is 36.4 Å². The zero-order valence-electron chi connectivity index (χ0n) is 16.8. The second-order valence-corrected chi connectivity index (χ2v) is 7.25. The molecule has 1 aliphatic carbocycles. The van der Waals surface area contributed by atoms with Gasteiger partial charge in [0.05, 0.1) is 17.9 Å². The molecule has 2 aromatic rings. The highest BCUT2D eigenvalue weighted by molar-refractivity contribution is 6.30. The number of ether oxygens (including phenoxy) is 1. The summed E-state index contributed by atoms with van der Waals surface area (Å²) < 4.78 is 6.01. The van der Waals surface area contributed by atoms with Crippen LogP contribution in [0, 0.1) is 0 Å². The van der Waals surface area contributed by atoms with E-state index < -0.39 is 0 Å². The summed E-state index contributed by atoms with van der Waals surface area (Å²) in [5, 5.41) is 3.40. The molecule has 1 N–H and O–H groups in total. The van der Waals surface area contributed by atoms with Gasteiger partial charge in [0.25, 0.3) is 0 Å². The van der Waals surface area contributed by atoms with Crippen molar-refractivity contribution in [3.05, 3.63) is 58.7 Å². The second kappa shape index (κ2) is 9.54. The average Bonchev–Trinajstić information content (AvgIpc) is 2.72. The summed E-state index contributed by atoms with van der Waals surface area (Å²) in [5.74, 6) is 0.452. The Bertz CT molecular complexity index is 857. The number of hydrogen-bond acceptors (Lipinski definition) is 4. The Morgan fingerprint density at radius 3 is 2.18 bits per heavy atom. The molecule has 0 fully saturated rings. The van der Waals surface area contributed by atoms with Crippen molar-refractivity contribution in [2.75, 3.05) is 18.5 Å². The molecule has 0 atom stereocenters. The monoisotopic (exact) mass is 379 g/mol. The van der Waals surface area contributed by atoms with Gasteiger partial charge in [-0.3, -0.25) is 9.59 Å². The van der Waals surface area contributed by atoms with E-state index in [4.69, 9.17) is 4.74 Å². The Morgan fingerprint density at radius 1 is 0.786 bits per heavy atom. The molecule has 2 aromatic carbocycles. The molecule has 0 bridgehead atoms. The van der Waals surface area contributed by atoms with Crippen LogP contribution in [-0.4, -0.2) is 24.7 Å². The highest BCUT2D eigenvalue weighted by Gasteiger charge is 2.32. The van der Waals surface area contributed by atoms with Crippen LogP contribution in [-0.2, 0) is 0 Å². The molecular formula is C24H29NO3. The standard InChI is InChI=1S/C24H29NO3/c1-3-5-9-15-25-22-20(28-16-10-6-4-2)14-13-19-21(22)24(27)18-12-8-7-11-17(18)23(19)26/h7-8,11-14,25H,3-6,9-10,15-16H2,1-2H3. The summed E-state index contributed by atoms with van der Waals surface area (Å²) in [7, 11) is 0. The third-order valence-corrected chi connectivity index (χ3v) is 5.14. The fourth-order valence-corrected chi connectivity index (χ4v) is 3.59. The fraction of sp³-hybridized carbons (Fsp3) is 0.417. The topological polar surface area (TPSA) is 55.4 Å². The van der Waals surface area contributed by atoms with Crippen LogP contribution in [0.3, 0.4) is 0 Å². The van der Waals surface area contributed by atoms with E-state index in [1.807, 2.05) is 6.07 Å². The molecular weight excluding hydrogens is 350 g/mol. The predicted molar refractivity (Wildman–Crippen MR) is 113 cm³/mol. The van der Waals surface area contributed by atoms with Gasteiger partial charge >= 0.3 is 0 Å². The second-order valence-electron chi connectivity index (χ2n) is 7.25. The normalized spacial score (nSPS) is 12.5. The Hall–Kier alpha value is -2.62. The van der Waals surface area contributed by atoms with Gasteiger partial charge in [0.15, 0.2) is 11.6 Å². The van der Waals surface area contributed by atoms with Gasteiger partial charge in [-0.25, -0.2) is 0 Å². The van der Waals surface area contributed by atoms with E-state index >= 15 is 0 Å². The Labute approximate surface area is 167 Å². The van der Waals surface area contributed by atoms with Crippen molar-refractivity contribution < 1.29 is 14.3 Å². The van der Waals surface area contributed by atoms with Crippen molar-refractivity contribution in [2.24, 2.45) is 0 Å². The molecule has 0 saturated carbocycles. The molecule has 0 radical (unpaired) electrons. The quantitative estimate of drug-likeness (QED) is 0.464. The number of unbranched alkanes of at least 4 members (excludes halogenated alkanes) is 4. The maximum absolute atomic E-state index is 13.2. The van der Waals surface area contributed by atoms with Crippen molar-refractivity contribution in [3.63, 3.8) is 0 Å². The first-order valence-electron chi connectivity index (χ1n) is 10.4. The molecule has 0 unspecified atom stereocenters. The summed E-state index contributed by atoms with van der Waals surface area (Å²) in [6.45, 7) is 5.67. The van der Waals surface area contributed by atoms with Crippen LogP contribution in [0.1, 0.15) is 84.2 Å². The first kappa shape index (κ1) is 20.1. The van der Waals surface area contributed by atoms with E-state index in [0.717, 1.165) is 45.1 Å². The Morgan fingerprint density at radius 2 is 1.46 bits per heavy atom. The van der Waals surface area contributed by atoms with E-state index in [-0.39, 0.29) is 11.6 Å². The highest BCUT2D eigenvalue weighted by Crippen LogP contribution is 2.38. The summed E-state index contributed by atoms with van der Waals surface area (Å²) in [5.41, 5.74) is 2.53. The van der Waals surface area contributed by atoms with E-state index in [1.54, 1.807) is 30.3 Å². The number of benzene rings is 2. The van der Waals surface area contributed by atoms with E-state index in [0.29, 0.717) is 40.3 Å². The van der Waals surface area contributed by atoms with Crippen molar-refractivity contribution in [1.82, 2.24) is 0 Å². The number of nitrogens with one attached hydrogen (secondary N) is 1. The maximum atomic E-state index is 13.2. The SMILES string of the molecule is CCCCCNc1c(OCCCCC)ccc2c1C(=O)c1ccccc1C2=O. The van der Waals surface area contributed by atoms with Gasteiger partial charge in [-0.15, -0.1) is 0 Å². The van der Waals surface area contributed by atoms with Crippen LogP contribution in [0.5, 0.6) is 5.75 Å². The molecule has 0 amide bonds. The van der Waals surface area contributed by atoms with Gasteiger partial charge < -0.3 is 10.1 Å². The number of carbonyl (C=O) groups is 2. The highest BCUT2D eigenvalue weighted by atomic mass is 16.5. The van der Waals surface area contributed by atoms with E-state index in [2.05, 4.69) is 19.2 Å². The van der Waals surface area contributed by atoms with Gasteiger partial charge in [-0.2, -0.15) is 0 Å². The molecule has 4 nitrogen and oxygen atoms in total. The summed E-state index contributed by atoms with van der Waals surface area (Å²) in [6.07, 6.45) is 6.45. The Kier molecular flexibility index (Phi) is 6.85. The first-order chi connectivity index (χ1) is 13.7. The lowest BCUT2D eigenvalue weighted by Gasteiger charge is -2.23. The largest absolute Gasteiger partial charge is 0.491 e. The minimum absolute atomic E-state index is 0.0978. The summed E-state index contributed by atoms with van der Waals surface area (Å²) in [4.78, 5) is 26.2. The van der Waals surface area contributed by atoms with Crippen LogP contribution in [0.2, 0.25) is 0 Å². The fourth-order valence-electron chi connectivity index (χ4n) is 3.59.